The molecule has 0 radical (unpaired) electrons. The van der Waals surface area contributed by atoms with Gasteiger partial charge in [-0.1, -0.05) is 22.9 Å². The minimum absolute atomic E-state index is 0.0799. The van der Waals surface area contributed by atoms with Crippen LogP contribution in [0.1, 0.15) is 25.6 Å². The lowest BCUT2D eigenvalue weighted by Gasteiger charge is -2.08. The van der Waals surface area contributed by atoms with Crippen molar-refractivity contribution in [3.63, 3.8) is 0 Å². The molecular formula is C17H19N3O5. The zero-order chi connectivity index (χ0) is 18.2. The maximum absolute atomic E-state index is 12.1. The first kappa shape index (κ1) is 18.2. The third-order valence-electron chi connectivity index (χ3n) is 2.95. The molecule has 1 N–H and O–H groups in total. The zero-order valence-corrected chi connectivity index (χ0v) is 14.2. The molecule has 0 spiro atoms. The Kier molecular flexibility index (Phi) is 6.27. The van der Waals surface area contributed by atoms with E-state index in [1.165, 1.54) is 13.2 Å². The molecule has 2 aromatic rings. The lowest BCUT2D eigenvalue weighted by Crippen LogP contribution is -2.15. The molecule has 8 heteroatoms. The number of nitrogens with zero attached hydrogens (tertiary/aromatic N) is 2. The summed E-state index contributed by atoms with van der Waals surface area (Å²) in [6, 6.07) is 7.05. The van der Waals surface area contributed by atoms with E-state index >= 15 is 0 Å². The number of amides is 1. The van der Waals surface area contributed by atoms with Crippen LogP contribution >= 0.6 is 0 Å². The normalized spacial score (nSPS) is 10.0. The molecule has 0 bridgehead atoms. The molecule has 0 saturated heterocycles. The van der Waals surface area contributed by atoms with Crippen molar-refractivity contribution in [2.24, 2.45) is 0 Å². The number of esters is 1. The van der Waals surface area contributed by atoms with Gasteiger partial charge in [-0.3, -0.25) is 4.79 Å². The van der Waals surface area contributed by atoms with E-state index in [4.69, 9.17) is 14.0 Å². The standard InChI is InChI=1S/C17H19N3O5/c1-11(2)8-17(22)24-10-16-19-14(20-25-16)9-15(21)18-12-6-4-5-7-13(12)23-3/h4-8H,9-10H2,1-3H3,(H,18,21). The number of methoxy groups -OCH3 is 1. The molecular weight excluding hydrogens is 326 g/mol. The molecule has 0 unspecified atom stereocenters. The number of hydrogen-bond donors (Lipinski definition) is 1. The van der Waals surface area contributed by atoms with Gasteiger partial charge < -0.3 is 19.3 Å². The SMILES string of the molecule is COc1ccccc1NC(=O)Cc1noc(COC(=O)C=C(C)C)n1. The van der Waals surface area contributed by atoms with Gasteiger partial charge >= 0.3 is 5.97 Å². The van der Waals surface area contributed by atoms with Gasteiger partial charge in [0, 0.05) is 6.08 Å². The van der Waals surface area contributed by atoms with Crippen LogP contribution in [0, 0.1) is 0 Å². The summed E-state index contributed by atoms with van der Waals surface area (Å²) in [5.41, 5.74) is 1.37. The van der Waals surface area contributed by atoms with Crippen molar-refractivity contribution in [2.75, 3.05) is 12.4 Å². The van der Waals surface area contributed by atoms with E-state index in [-0.39, 0.29) is 30.7 Å². The molecule has 0 aliphatic heterocycles. The number of nitrogens with one attached hydrogen (secondary N) is 1. The van der Waals surface area contributed by atoms with Crippen molar-refractivity contribution in [1.82, 2.24) is 10.1 Å². The minimum Gasteiger partial charge on any atom is -0.495 e. The lowest BCUT2D eigenvalue weighted by molar-refractivity contribution is -0.139. The van der Waals surface area contributed by atoms with Gasteiger partial charge in [-0.2, -0.15) is 4.98 Å². The molecule has 0 atom stereocenters. The largest absolute Gasteiger partial charge is 0.495 e. The lowest BCUT2D eigenvalue weighted by atomic mass is 10.2. The number of carbonyl (C=O) groups is 2. The number of aromatic nitrogens is 2. The highest BCUT2D eigenvalue weighted by atomic mass is 16.6. The number of benzene rings is 1. The Labute approximate surface area is 144 Å². The van der Waals surface area contributed by atoms with Crippen molar-refractivity contribution in [3.8, 4) is 5.75 Å². The van der Waals surface area contributed by atoms with Crippen LogP contribution in [0.3, 0.4) is 0 Å². The maximum Gasteiger partial charge on any atom is 0.331 e. The van der Waals surface area contributed by atoms with Gasteiger partial charge in [0.05, 0.1) is 19.2 Å². The summed E-state index contributed by atoms with van der Waals surface area (Å²) in [5.74, 6) is 0.0548. The average molecular weight is 345 g/mol. The van der Waals surface area contributed by atoms with Gasteiger partial charge in [-0.05, 0) is 26.0 Å². The number of carbonyl (C=O) groups excluding carboxylic acids is 2. The summed E-state index contributed by atoms with van der Waals surface area (Å²) in [6.45, 7) is 3.42. The van der Waals surface area contributed by atoms with Crippen molar-refractivity contribution in [2.45, 2.75) is 26.9 Å². The summed E-state index contributed by atoms with van der Waals surface area (Å²) < 4.78 is 15.1. The van der Waals surface area contributed by atoms with E-state index in [0.29, 0.717) is 11.4 Å². The highest BCUT2D eigenvalue weighted by Crippen LogP contribution is 2.23. The van der Waals surface area contributed by atoms with Crippen LogP contribution in [0.15, 0.2) is 40.4 Å². The van der Waals surface area contributed by atoms with E-state index < -0.39 is 5.97 Å². The van der Waals surface area contributed by atoms with Crippen molar-refractivity contribution in [1.29, 1.82) is 0 Å². The summed E-state index contributed by atoms with van der Waals surface area (Å²) in [6.07, 6.45) is 1.28. The molecule has 8 nitrogen and oxygen atoms in total. The first-order chi connectivity index (χ1) is 12.0. The number of rotatable bonds is 7. The molecule has 25 heavy (non-hydrogen) atoms. The fraction of sp³-hybridized carbons (Fsp3) is 0.294. The molecule has 1 aromatic heterocycles. The first-order valence-electron chi connectivity index (χ1n) is 7.54. The van der Waals surface area contributed by atoms with Crippen molar-refractivity contribution < 1.29 is 23.6 Å². The van der Waals surface area contributed by atoms with E-state index in [1.807, 2.05) is 0 Å². The molecule has 2 rings (SSSR count). The predicted octanol–water partition coefficient (Wildman–Crippen LogP) is 2.27. The van der Waals surface area contributed by atoms with E-state index in [9.17, 15) is 9.59 Å². The van der Waals surface area contributed by atoms with Gasteiger partial charge in [0.25, 0.3) is 5.89 Å². The monoisotopic (exact) mass is 345 g/mol. The van der Waals surface area contributed by atoms with Gasteiger partial charge in [-0.15, -0.1) is 0 Å². The number of ether oxygens (including phenoxy) is 2. The van der Waals surface area contributed by atoms with Crippen LogP contribution < -0.4 is 10.1 Å². The predicted molar refractivity (Wildman–Crippen MR) is 88.9 cm³/mol. The van der Waals surface area contributed by atoms with E-state index in [0.717, 1.165) is 5.57 Å². The van der Waals surface area contributed by atoms with Gasteiger partial charge in [-0.25, -0.2) is 4.79 Å². The second-order valence-corrected chi connectivity index (χ2v) is 5.36. The number of allylic oxidation sites excluding steroid dienone is 1. The van der Waals surface area contributed by atoms with Crippen LogP contribution in [0.2, 0.25) is 0 Å². The molecule has 132 valence electrons. The Balaban J connectivity index is 1.89. The Bertz CT molecular complexity index is 778. The smallest absolute Gasteiger partial charge is 0.331 e. The molecule has 0 aliphatic rings. The topological polar surface area (TPSA) is 104 Å². The molecule has 1 aromatic carbocycles. The Hall–Kier alpha value is -3.16. The molecule has 1 heterocycles. The summed E-state index contributed by atoms with van der Waals surface area (Å²) in [4.78, 5) is 27.5. The molecule has 0 saturated carbocycles. The fourth-order valence-electron chi connectivity index (χ4n) is 1.92. The summed E-state index contributed by atoms with van der Waals surface area (Å²) in [5, 5.41) is 6.41. The Morgan fingerprint density at radius 2 is 2.04 bits per heavy atom. The zero-order valence-electron chi connectivity index (χ0n) is 14.2. The quantitative estimate of drug-likeness (QED) is 0.606. The van der Waals surface area contributed by atoms with Crippen LogP contribution in [-0.2, 0) is 27.4 Å². The highest BCUT2D eigenvalue weighted by molar-refractivity contribution is 5.93. The van der Waals surface area contributed by atoms with E-state index in [1.54, 1.807) is 38.1 Å². The van der Waals surface area contributed by atoms with Gasteiger partial charge in [0.2, 0.25) is 5.91 Å². The number of hydrogen-bond acceptors (Lipinski definition) is 7. The Morgan fingerprint density at radius 3 is 2.76 bits per heavy atom. The van der Waals surface area contributed by atoms with Crippen molar-refractivity contribution in [3.05, 3.63) is 47.6 Å². The average Bonchev–Trinajstić information content (AvgIpc) is 3.00. The second kappa shape index (κ2) is 8.62. The maximum atomic E-state index is 12.1. The molecule has 1 amide bonds. The van der Waals surface area contributed by atoms with Crippen LogP contribution in [0.5, 0.6) is 5.75 Å². The second-order valence-electron chi connectivity index (χ2n) is 5.36. The van der Waals surface area contributed by atoms with Crippen LogP contribution in [-0.4, -0.2) is 29.1 Å². The third-order valence-corrected chi connectivity index (χ3v) is 2.95. The molecule has 0 aliphatic carbocycles. The summed E-state index contributed by atoms with van der Waals surface area (Å²) in [7, 11) is 1.52. The Morgan fingerprint density at radius 1 is 1.28 bits per heavy atom. The van der Waals surface area contributed by atoms with E-state index in [2.05, 4.69) is 15.5 Å². The minimum atomic E-state index is -0.492. The highest BCUT2D eigenvalue weighted by Gasteiger charge is 2.13. The molecule has 0 fully saturated rings. The van der Waals surface area contributed by atoms with Gasteiger partial charge in [0.1, 0.15) is 5.75 Å². The number of para-hydroxylation sites is 2. The van der Waals surface area contributed by atoms with Gasteiger partial charge in [0.15, 0.2) is 12.4 Å². The fourth-order valence-corrected chi connectivity index (χ4v) is 1.92. The number of anilines is 1. The van der Waals surface area contributed by atoms with Crippen molar-refractivity contribution >= 4 is 17.6 Å². The summed E-state index contributed by atoms with van der Waals surface area (Å²) >= 11 is 0. The first-order valence-corrected chi connectivity index (χ1v) is 7.54. The third kappa shape index (κ3) is 5.76. The van der Waals surface area contributed by atoms with Crippen LogP contribution in [0.25, 0.3) is 0 Å². The van der Waals surface area contributed by atoms with Crippen LogP contribution in [0.4, 0.5) is 5.69 Å².